The Hall–Kier alpha value is -2.23. The molecule has 2 aromatic heterocycles. The predicted octanol–water partition coefficient (Wildman–Crippen LogP) is 7.42. The molecular weight excluding hydrogens is 388 g/mol. The molecule has 5 rings (SSSR count). The fourth-order valence-corrected chi connectivity index (χ4v) is 4.16. The zero-order chi connectivity index (χ0) is 16.3. The van der Waals surface area contributed by atoms with Crippen molar-refractivity contribution in [3.63, 3.8) is 0 Å². The summed E-state index contributed by atoms with van der Waals surface area (Å²) in [5.41, 5.74) is 4.49. The summed E-state index contributed by atoms with van der Waals surface area (Å²) in [6, 6.07) is 19.7. The van der Waals surface area contributed by atoms with E-state index >= 15 is 0 Å². The zero-order valence-corrected chi connectivity index (χ0v) is 14.7. The standard InChI is InChI=1S/C20H10BrClO2/c21-20-17(11-5-1-2-8-14(11)24-20)12-6-3-9-15-18(12)19-13(22)7-4-10-16(19)23-15/h1-10H. The van der Waals surface area contributed by atoms with Gasteiger partial charge in [0.05, 0.1) is 5.02 Å². The number of benzene rings is 3. The van der Waals surface area contributed by atoms with Gasteiger partial charge in [0, 0.05) is 21.7 Å². The molecule has 0 N–H and O–H groups in total. The maximum Gasteiger partial charge on any atom is 0.178 e. The normalized spacial score (nSPS) is 11.8. The van der Waals surface area contributed by atoms with Crippen LogP contribution in [0.1, 0.15) is 0 Å². The van der Waals surface area contributed by atoms with Crippen LogP contribution in [0, 0.1) is 0 Å². The smallest absolute Gasteiger partial charge is 0.178 e. The Bertz CT molecular complexity index is 1230. The van der Waals surface area contributed by atoms with E-state index in [0.717, 1.165) is 44.0 Å². The maximum atomic E-state index is 6.47. The molecule has 0 saturated carbocycles. The molecule has 4 heteroatoms. The molecule has 0 amide bonds. The zero-order valence-electron chi connectivity index (χ0n) is 12.3. The van der Waals surface area contributed by atoms with Crippen molar-refractivity contribution < 1.29 is 8.83 Å². The number of hydrogen-bond donors (Lipinski definition) is 0. The SMILES string of the molecule is Clc1cccc2oc3cccc(-c4c(Br)oc5ccccc45)c3c12. The number of hydrogen-bond acceptors (Lipinski definition) is 2. The number of rotatable bonds is 1. The number of para-hydroxylation sites is 1. The molecule has 3 aromatic carbocycles. The van der Waals surface area contributed by atoms with E-state index in [1.165, 1.54) is 0 Å². The van der Waals surface area contributed by atoms with Crippen LogP contribution in [0.15, 0.2) is 74.2 Å². The minimum Gasteiger partial charge on any atom is -0.456 e. The maximum absolute atomic E-state index is 6.47. The van der Waals surface area contributed by atoms with Gasteiger partial charge in [-0.2, -0.15) is 0 Å². The third-order valence-electron chi connectivity index (χ3n) is 4.29. The van der Waals surface area contributed by atoms with Crippen molar-refractivity contribution in [3.05, 3.63) is 70.4 Å². The minimum absolute atomic E-state index is 0.683. The van der Waals surface area contributed by atoms with E-state index in [0.29, 0.717) is 9.69 Å². The van der Waals surface area contributed by atoms with Gasteiger partial charge in [-0.1, -0.05) is 48.0 Å². The lowest BCUT2D eigenvalue weighted by atomic mass is 9.99. The molecule has 2 heterocycles. The third kappa shape index (κ3) is 1.89. The van der Waals surface area contributed by atoms with Crippen LogP contribution in [0.5, 0.6) is 0 Å². The Morgan fingerprint density at radius 2 is 1.42 bits per heavy atom. The number of fused-ring (bicyclic) bond motifs is 4. The fourth-order valence-electron chi connectivity index (χ4n) is 3.30. The van der Waals surface area contributed by atoms with Crippen molar-refractivity contribution in [2.24, 2.45) is 0 Å². The highest BCUT2D eigenvalue weighted by atomic mass is 79.9. The summed E-state index contributed by atoms with van der Waals surface area (Å²) in [6.45, 7) is 0. The number of furan rings is 2. The van der Waals surface area contributed by atoms with Gasteiger partial charge >= 0.3 is 0 Å². The van der Waals surface area contributed by atoms with Gasteiger partial charge in [0.1, 0.15) is 16.7 Å². The summed E-state index contributed by atoms with van der Waals surface area (Å²) in [5, 5.41) is 3.67. The topological polar surface area (TPSA) is 26.3 Å². The van der Waals surface area contributed by atoms with Gasteiger partial charge < -0.3 is 8.83 Å². The Labute approximate surface area is 150 Å². The Balaban J connectivity index is 2.00. The summed E-state index contributed by atoms with van der Waals surface area (Å²) in [5.74, 6) is 0. The molecule has 0 unspecified atom stereocenters. The average Bonchev–Trinajstić information content (AvgIpc) is 3.12. The van der Waals surface area contributed by atoms with Crippen molar-refractivity contribution in [1.29, 1.82) is 0 Å². The first-order valence-corrected chi connectivity index (χ1v) is 8.68. The quantitative estimate of drug-likeness (QED) is 0.294. The van der Waals surface area contributed by atoms with Crippen LogP contribution in [0.25, 0.3) is 44.0 Å². The third-order valence-corrected chi connectivity index (χ3v) is 5.17. The van der Waals surface area contributed by atoms with Crippen LogP contribution in [0.3, 0.4) is 0 Å². The van der Waals surface area contributed by atoms with Gasteiger partial charge in [-0.15, -0.1) is 0 Å². The van der Waals surface area contributed by atoms with Gasteiger partial charge in [0.2, 0.25) is 0 Å². The molecule has 0 fully saturated rings. The van der Waals surface area contributed by atoms with Crippen LogP contribution in [-0.4, -0.2) is 0 Å². The lowest BCUT2D eigenvalue weighted by Crippen LogP contribution is -1.79. The fraction of sp³-hybridized carbons (Fsp3) is 0. The Kier molecular flexibility index (Phi) is 3.02. The van der Waals surface area contributed by atoms with E-state index in [9.17, 15) is 0 Å². The molecule has 0 aliphatic carbocycles. The molecule has 0 radical (unpaired) electrons. The summed E-state index contributed by atoms with van der Waals surface area (Å²) in [6.07, 6.45) is 0. The summed E-state index contributed by atoms with van der Waals surface area (Å²) in [7, 11) is 0. The van der Waals surface area contributed by atoms with Crippen molar-refractivity contribution in [3.8, 4) is 11.1 Å². The molecule has 0 aliphatic heterocycles. The molecule has 0 saturated heterocycles. The first kappa shape index (κ1) is 14.1. The van der Waals surface area contributed by atoms with Gasteiger partial charge in [-0.3, -0.25) is 0 Å². The Morgan fingerprint density at radius 3 is 2.29 bits per heavy atom. The lowest BCUT2D eigenvalue weighted by Gasteiger charge is -2.03. The largest absolute Gasteiger partial charge is 0.456 e. The van der Waals surface area contributed by atoms with E-state index in [1.54, 1.807) is 0 Å². The molecule has 0 aliphatic rings. The second kappa shape index (κ2) is 5.13. The first-order chi connectivity index (χ1) is 11.7. The van der Waals surface area contributed by atoms with Crippen LogP contribution >= 0.6 is 27.5 Å². The van der Waals surface area contributed by atoms with Crippen molar-refractivity contribution >= 4 is 60.4 Å². The van der Waals surface area contributed by atoms with Gasteiger partial charge in [-0.05, 0) is 45.8 Å². The van der Waals surface area contributed by atoms with Crippen LogP contribution in [0.2, 0.25) is 5.02 Å². The second-order valence-electron chi connectivity index (χ2n) is 5.64. The molecule has 2 nitrogen and oxygen atoms in total. The minimum atomic E-state index is 0.683. The van der Waals surface area contributed by atoms with Crippen LogP contribution in [-0.2, 0) is 0 Å². The Morgan fingerprint density at radius 1 is 0.708 bits per heavy atom. The number of halogens is 2. The van der Waals surface area contributed by atoms with Crippen LogP contribution in [0.4, 0.5) is 0 Å². The molecule has 116 valence electrons. The molecule has 0 atom stereocenters. The van der Waals surface area contributed by atoms with Gasteiger partial charge in [-0.25, -0.2) is 0 Å². The predicted molar refractivity (Wildman–Crippen MR) is 102 cm³/mol. The average molecular weight is 398 g/mol. The highest BCUT2D eigenvalue weighted by Gasteiger charge is 2.20. The first-order valence-electron chi connectivity index (χ1n) is 7.51. The summed E-state index contributed by atoms with van der Waals surface area (Å²) >= 11 is 10.0. The van der Waals surface area contributed by atoms with Gasteiger partial charge in [0.15, 0.2) is 4.67 Å². The van der Waals surface area contributed by atoms with E-state index in [-0.39, 0.29) is 0 Å². The molecule has 24 heavy (non-hydrogen) atoms. The van der Waals surface area contributed by atoms with Crippen molar-refractivity contribution in [2.75, 3.05) is 0 Å². The van der Waals surface area contributed by atoms with E-state index in [1.807, 2.05) is 48.5 Å². The molecular formula is C20H10BrClO2. The lowest BCUT2D eigenvalue weighted by molar-refractivity contribution is 0.589. The van der Waals surface area contributed by atoms with E-state index < -0.39 is 0 Å². The monoisotopic (exact) mass is 396 g/mol. The van der Waals surface area contributed by atoms with Crippen molar-refractivity contribution in [1.82, 2.24) is 0 Å². The molecule has 5 aromatic rings. The van der Waals surface area contributed by atoms with E-state index in [4.69, 9.17) is 20.4 Å². The van der Waals surface area contributed by atoms with Crippen molar-refractivity contribution in [2.45, 2.75) is 0 Å². The highest BCUT2D eigenvalue weighted by Crippen LogP contribution is 2.45. The summed E-state index contributed by atoms with van der Waals surface area (Å²) < 4.78 is 12.6. The second-order valence-corrected chi connectivity index (χ2v) is 6.77. The molecule has 0 bridgehead atoms. The summed E-state index contributed by atoms with van der Waals surface area (Å²) in [4.78, 5) is 0. The van der Waals surface area contributed by atoms with E-state index in [2.05, 4.69) is 28.1 Å². The van der Waals surface area contributed by atoms with Crippen LogP contribution < -0.4 is 0 Å². The van der Waals surface area contributed by atoms with Gasteiger partial charge in [0.25, 0.3) is 0 Å². The highest BCUT2D eigenvalue weighted by molar-refractivity contribution is 9.10. The molecule has 0 spiro atoms.